The SMILES string of the molecule is CC(C)N=C(N)c1ccc2oc(CCCCc3cc4cc(C(N)=NC(C)C)ccc4o3)cc2c1.Cl.Cl. The molecule has 0 aliphatic carbocycles. The highest BCUT2D eigenvalue weighted by molar-refractivity contribution is 6.01. The van der Waals surface area contributed by atoms with Crippen LogP contribution in [0.1, 0.15) is 63.2 Å². The quantitative estimate of drug-likeness (QED) is 0.141. The summed E-state index contributed by atoms with van der Waals surface area (Å²) in [6.45, 7) is 8.07. The maximum atomic E-state index is 6.12. The van der Waals surface area contributed by atoms with E-state index in [1.165, 1.54) is 0 Å². The number of hydrogen-bond acceptors (Lipinski definition) is 4. The van der Waals surface area contributed by atoms with Gasteiger partial charge in [-0.25, -0.2) is 0 Å². The Hall–Kier alpha value is -2.96. The van der Waals surface area contributed by atoms with Crippen molar-refractivity contribution in [2.24, 2.45) is 21.5 Å². The fraction of sp³-hybridized carbons (Fsp3) is 0.357. The van der Waals surface area contributed by atoms with Gasteiger partial charge in [0.1, 0.15) is 34.4 Å². The molecule has 0 atom stereocenters. The summed E-state index contributed by atoms with van der Waals surface area (Å²) in [4.78, 5) is 8.87. The van der Waals surface area contributed by atoms with E-state index in [1.807, 2.05) is 64.1 Å². The van der Waals surface area contributed by atoms with E-state index in [0.717, 1.165) is 70.3 Å². The van der Waals surface area contributed by atoms with Gasteiger partial charge < -0.3 is 20.3 Å². The first-order valence-corrected chi connectivity index (χ1v) is 12.0. The molecular formula is C28H36Cl2N4O2. The van der Waals surface area contributed by atoms with Gasteiger partial charge in [-0.1, -0.05) is 0 Å². The highest BCUT2D eigenvalue weighted by atomic mass is 35.5. The zero-order valence-electron chi connectivity index (χ0n) is 21.3. The largest absolute Gasteiger partial charge is 0.461 e. The normalized spacial score (nSPS) is 12.4. The molecule has 4 rings (SSSR count). The molecule has 2 aromatic heterocycles. The molecule has 0 aliphatic rings. The van der Waals surface area contributed by atoms with E-state index < -0.39 is 0 Å². The lowest BCUT2D eigenvalue weighted by Gasteiger charge is -2.03. The Balaban J connectivity index is 0.00000228. The number of benzene rings is 2. The Labute approximate surface area is 225 Å². The summed E-state index contributed by atoms with van der Waals surface area (Å²) in [5.74, 6) is 3.10. The predicted molar refractivity (Wildman–Crippen MR) is 155 cm³/mol. The van der Waals surface area contributed by atoms with Crippen LogP contribution in [-0.4, -0.2) is 23.8 Å². The summed E-state index contributed by atoms with van der Waals surface area (Å²) >= 11 is 0. The minimum Gasteiger partial charge on any atom is -0.461 e. The molecule has 0 saturated heterocycles. The second kappa shape index (κ2) is 12.8. The number of furan rings is 2. The molecule has 2 aromatic carbocycles. The lowest BCUT2D eigenvalue weighted by atomic mass is 10.1. The van der Waals surface area contributed by atoms with Crippen molar-refractivity contribution in [1.29, 1.82) is 0 Å². The van der Waals surface area contributed by atoms with E-state index in [0.29, 0.717) is 11.7 Å². The Morgan fingerprint density at radius 1 is 0.667 bits per heavy atom. The van der Waals surface area contributed by atoms with Crippen LogP contribution in [0.3, 0.4) is 0 Å². The van der Waals surface area contributed by atoms with Gasteiger partial charge in [-0.3, -0.25) is 9.98 Å². The van der Waals surface area contributed by atoms with Crippen molar-refractivity contribution in [2.45, 2.75) is 65.5 Å². The van der Waals surface area contributed by atoms with Crippen LogP contribution in [0.25, 0.3) is 21.9 Å². The van der Waals surface area contributed by atoms with Gasteiger partial charge in [-0.05, 0) is 89.1 Å². The second-order valence-electron chi connectivity index (χ2n) is 9.35. The van der Waals surface area contributed by atoms with Crippen LogP contribution in [0.4, 0.5) is 0 Å². The van der Waals surface area contributed by atoms with Crippen LogP contribution in [0, 0.1) is 0 Å². The number of aryl methyl sites for hydroxylation is 2. The zero-order chi connectivity index (χ0) is 24.2. The van der Waals surface area contributed by atoms with Gasteiger partial charge in [0, 0.05) is 46.8 Å². The van der Waals surface area contributed by atoms with E-state index >= 15 is 0 Å². The molecule has 0 aliphatic heterocycles. The molecule has 36 heavy (non-hydrogen) atoms. The number of hydrogen-bond donors (Lipinski definition) is 2. The number of amidine groups is 2. The first-order valence-electron chi connectivity index (χ1n) is 12.0. The van der Waals surface area contributed by atoms with Crippen LogP contribution in [-0.2, 0) is 12.8 Å². The Kier molecular flexibility index (Phi) is 10.4. The molecular weight excluding hydrogens is 495 g/mol. The van der Waals surface area contributed by atoms with Crippen molar-refractivity contribution in [3.8, 4) is 0 Å². The van der Waals surface area contributed by atoms with Gasteiger partial charge in [0.2, 0.25) is 0 Å². The molecule has 0 fully saturated rings. The topological polar surface area (TPSA) is 103 Å². The third kappa shape index (κ3) is 7.28. The number of unbranched alkanes of at least 4 members (excludes halogenated alkanes) is 1. The van der Waals surface area contributed by atoms with Gasteiger partial charge in [-0.15, -0.1) is 24.8 Å². The van der Waals surface area contributed by atoms with E-state index in [2.05, 4.69) is 22.1 Å². The van der Waals surface area contributed by atoms with E-state index in [1.54, 1.807) is 0 Å². The number of halogens is 2. The molecule has 4 N–H and O–H groups in total. The van der Waals surface area contributed by atoms with Crippen molar-refractivity contribution >= 4 is 58.4 Å². The number of nitrogens with zero attached hydrogens (tertiary/aromatic N) is 2. The summed E-state index contributed by atoms with van der Waals surface area (Å²) in [6.07, 6.45) is 3.79. The zero-order valence-corrected chi connectivity index (χ0v) is 22.9. The number of nitrogens with two attached hydrogens (primary N) is 2. The summed E-state index contributed by atoms with van der Waals surface area (Å²) in [7, 11) is 0. The Bertz CT molecular complexity index is 1250. The molecule has 0 unspecified atom stereocenters. The van der Waals surface area contributed by atoms with Crippen LogP contribution < -0.4 is 11.5 Å². The lowest BCUT2D eigenvalue weighted by Crippen LogP contribution is -2.15. The summed E-state index contributed by atoms with van der Waals surface area (Å²) in [5, 5.41) is 2.12. The molecule has 2 heterocycles. The third-order valence-corrected chi connectivity index (χ3v) is 5.62. The second-order valence-corrected chi connectivity index (χ2v) is 9.35. The smallest absolute Gasteiger partial charge is 0.134 e. The van der Waals surface area contributed by atoms with E-state index in [-0.39, 0.29) is 36.9 Å². The van der Waals surface area contributed by atoms with Crippen molar-refractivity contribution < 1.29 is 8.83 Å². The number of rotatable bonds is 9. The molecule has 4 aromatic rings. The summed E-state index contributed by atoms with van der Waals surface area (Å²) in [6, 6.07) is 16.5. The van der Waals surface area contributed by atoms with E-state index in [4.69, 9.17) is 20.3 Å². The molecule has 6 nitrogen and oxygen atoms in total. The standard InChI is InChI=1S/C28H34N4O2.2ClH/c1-17(2)31-27(29)19-9-11-25-21(13-19)15-23(33-25)7-5-6-8-24-16-22-14-20(10-12-26(22)34-24)28(30)32-18(3)4;;/h9-18H,5-8H2,1-4H3,(H2,29,31)(H2,30,32);2*1H. The highest BCUT2D eigenvalue weighted by Gasteiger charge is 2.09. The van der Waals surface area contributed by atoms with Crippen LogP contribution in [0.15, 0.2) is 67.4 Å². The van der Waals surface area contributed by atoms with Crippen molar-refractivity contribution in [2.75, 3.05) is 0 Å². The molecule has 0 bridgehead atoms. The van der Waals surface area contributed by atoms with Gasteiger partial charge in [0.15, 0.2) is 0 Å². The fourth-order valence-corrected chi connectivity index (χ4v) is 4.07. The summed E-state index contributed by atoms with van der Waals surface area (Å²) in [5.41, 5.74) is 15.8. The average Bonchev–Trinajstić information content (AvgIpc) is 3.37. The van der Waals surface area contributed by atoms with E-state index in [9.17, 15) is 0 Å². The maximum Gasteiger partial charge on any atom is 0.134 e. The van der Waals surface area contributed by atoms with Crippen LogP contribution in [0.5, 0.6) is 0 Å². The number of fused-ring (bicyclic) bond motifs is 2. The molecule has 0 radical (unpaired) electrons. The Morgan fingerprint density at radius 3 is 1.42 bits per heavy atom. The van der Waals surface area contributed by atoms with Crippen molar-refractivity contribution in [3.05, 3.63) is 71.2 Å². The van der Waals surface area contributed by atoms with Gasteiger partial charge in [0.25, 0.3) is 0 Å². The van der Waals surface area contributed by atoms with Crippen molar-refractivity contribution in [3.63, 3.8) is 0 Å². The van der Waals surface area contributed by atoms with Gasteiger partial charge in [0.05, 0.1) is 0 Å². The van der Waals surface area contributed by atoms with Gasteiger partial charge in [-0.2, -0.15) is 0 Å². The Morgan fingerprint density at radius 2 is 1.06 bits per heavy atom. The minimum atomic E-state index is 0. The number of aliphatic imine (C=N–C) groups is 2. The van der Waals surface area contributed by atoms with Crippen LogP contribution in [0.2, 0.25) is 0 Å². The maximum absolute atomic E-state index is 6.12. The molecule has 0 saturated carbocycles. The van der Waals surface area contributed by atoms with Crippen molar-refractivity contribution in [1.82, 2.24) is 0 Å². The summed E-state index contributed by atoms with van der Waals surface area (Å²) < 4.78 is 12.0. The predicted octanol–water partition coefficient (Wildman–Crippen LogP) is 6.82. The molecule has 194 valence electrons. The first kappa shape index (κ1) is 29.3. The first-order chi connectivity index (χ1) is 16.3. The van der Waals surface area contributed by atoms with Gasteiger partial charge >= 0.3 is 0 Å². The molecule has 0 spiro atoms. The van der Waals surface area contributed by atoms with Crippen LogP contribution >= 0.6 is 24.8 Å². The monoisotopic (exact) mass is 530 g/mol. The minimum absolute atomic E-state index is 0. The lowest BCUT2D eigenvalue weighted by molar-refractivity contribution is 0.509. The average molecular weight is 532 g/mol. The fourth-order valence-electron chi connectivity index (χ4n) is 4.07. The molecule has 0 amide bonds. The molecule has 8 heteroatoms. The third-order valence-electron chi connectivity index (χ3n) is 5.62. The highest BCUT2D eigenvalue weighted by Crippen LogP contribution is 2.24.